The molecule has 9 heteroatoms. The zero-order valence-electron chi connectivity index (χ0n) is 13.8. The zero-order chi connectivity index (χ0) is 18.3. The number of halogens is 1. The number of benzene rings is 1. The Balaban J connectivity index is 2.00. The molecule has 1 aliphatic heterocycles. The van der Waals surface area contributed by atoms with E-state index in [1.54, 1.807) is 23.1 Å². The van der Waals surface area contributed by atoms with Crippen molar-refractivity contribution in [1.29, 1.82) is 0 Å². The summed E-state index contributed by atoms with van der Waals surface area (Å²) in [7, 11) is 0. The molecule has 4 rings (SSSR count). The number of carbonyl (C=O) groups excluding carboxylic acids is 1. The van der Waals surface area contributed by atoms with Crippen LogP contribution in [0.5, 0.6) is 5.88 Å². The van der Waals surface area contributed by atoms with Crippen LogP contribution in [0.4, 0.5) is 5.69 Å². The van der Waals surface area contributed by atoms with Crippen molar-refractivity contribution < 1.29 is 9.53 Å². The minimum Gasteiger partial charge on any atom is -0.446 e. The van der Waals surface area contributed by atoms with E-state index in [-0.39, 0.29) is 5.91 Å². The van der Waals surface area contributed by atoms with Gasteiger partial charge in [0.1, 0.15) is 0 Å². The van der Waals surface area contributed by atoms with Gasteiger partial charge in [-0.2, -0.15) is 4.98 Å². The van der Waals surface area contributed by atoms with Crippen LogP contribution in [0, 0.1) is 0 Å². The molecule has 0 aliphatic carbocycles. The normalized spacial score (nSPS) is 15.7. The maximum Gasteiger partial charge on any atom is 0.247 e. The summed E-state index contributed by atoms with van der Waals surface area (Å²) in [6, 6.07) is 9.13. The third-order valence-electron chi connectivity index (χ3n) is 3.87. The second-order valence-corrected chi connectivity index (χ2v) is 7.68. The number of nitrogens with zero attached hydrogens (tertiary/aromatic N) is 4. The Morgan fingerprint density at radius 1 is 1.35 bits per heavy atom. The van der Waals surface area contributed by atoms with Gasteiger partial charge in [-0.3, -0.25) is 9.69 Å². The molecule has 0 bridgehead atoms. The number of carbonyl (C=O) groups is 1. The van der Waals surface area contributed by atoms with Crippen LogP contribution in [0.3, 0.4) is 0 Å². The van der Waals surface area contributed by atoms with Gasteiger partial charge in [-0.1, -0.05) is 29.4 Å². The van der Waals surface area contributed by atoms with Crippen molar-refractivity contribution in [3.63, 3.8) is 0 Å². The van der Waals surface area contributed by atoms with Gasteiger partial charge in [0.2, 0.25) is 23.2 Å². The molecule has 132 valence electrons. The Morgan fingerprint density at radius 2 is 2.19 bits per heavy atom. The average molecular weight is 405 g/mol. The fourth-order valence-corrected chi connectivity index (χ4v) is 3.99. The van der Waals surface area contributed by atoms with E-state index in [1.807, 2.05) is 23.8 Å². The summed E-state index contributed by atoms with van der Waals surface area (Å²) in [4.78, 5) is 19.5. The number of rotatable bonds is 2. The summed E-state index contributed by atoms with van der Waals surface area (Å²) in [5.41, 5.74) is 1.78. The Morgan fingerprint density at radius 3 is 2.88 bits per heavy atom. The van der Waals surface area contributed by atoms with Gasteiger partial charge in [0.15, 0.2) is 5.69 Å². The van der Waals surface area contributed by atoms with Crippen molar-refractivity contribution in [2.24, 2.45) is 0 Å². The Kier molecular flexibility index (Phi) is 4.56. The molecule has 0 saturated carbocycles. The number of anilines is 1. The van der Waals surface area contributed by atoms with Gasteiger partial charge in [-0.15, -0.1) is 21.5 Å². The van der Waals surface area contributed by atoms with Crippen LogP contribution >= 0.6 is 34.7 Å². The number of fused-ring (bicyclic) bond motifs is 3. The Labute approximate surface area is 163 Å². The summed E-state index contributed by atoms with van der Waals surface area (Å²) in [6.07, 6.45) is 1.23. The van der Waals surface area contributed by atoms with Crippen molar-refractivity contribution in [3.05, 3.63) is 45.6 Å². The first-order chi connectivity index (χ1) is 12.6. The van der Waals surface area contributed by atoms with Crippen LogP contribution in [-0.4, -0.2) is 27.3 Å². The van der Waals surface area contributed by atoms with Gasteiger partial charge < -0.3 is 4.74 Å². The smallest absolute Gasteiger partial charge is 0.247 e. The molecule has 1 atom stereocenters. The van der Waals surface area contributed by atoms with E-state index in [9.17, 15) is 4.79 Å². The number of amides is 1. The largest absolute Gasteiger partial charge is 0.446 e. The van der Waals surface area contributed by atoms with E-state index in [0.717, 1.165) is 4.88 Å². The molecule has 0 N–H and O–H groups in total. The maximum absolute atomic E-state index is 12.5. The fourth-order valence-electron chi connectivity index (χ4n) is 2.78. The van der Waals surface area contributed by atoms with Crippen molar-refractivity contribution in [1.82, 2.24) is 15.2 Å². The lowest BCUT2D eigenvalue weighted by Crippen LogP contribution is -2.35. The molecule has 3 heterocycles. The summed E-state index contributed by atoms with van der Waals surface area (Å²) >= 11 is 9.08. The molecule has 2 aromatic heterocycles. The van der Waals surface area contributed by atoms with Gasteiger partial charge in [-0.25, -0.2) is 0 Å². The molecule has 0 unspecified atom stereocenters. The first-order valence-electron chi connectivity index (χ1n) is 7.67. The van der Waals surface area contributed by atoms with Gasteiger partial charge in [-0.05, 0) is 35.9 Å². The third-order valence-corrected chi connectivity index (χ3v) is 5.55. The fraction of sp³-hybridized carbons (Fsp3) is 0.176. The van der Waals surface area contributed by atoms with Gasteiger partial charge in [0.05, 0.1) is 10.6 Å². The molecule has 6 nitrogen and oxygen atoms in total. The lowest BCUT2D eigenvalue weighted by molar-refractivity contribution is -0.118. The predicted molar refractivity (Wildman–Crippen MR) is 103 cm³/mol. The molecule has 1 aliphatic rings. The van der Waals surface area contributed by atoms with Gasteiger partial charge in [0, 0.05) is 17.5 Å². The van der Waals surface area contributed by atoms with E-state index in [0.29, 0.717) is 33.0 Å². The summed E-state index contributed by atoms with van der Waals surface area (Å²) in [6.45, 7) is 1.50. The van der Waals surface area contributed by atoms with Crippen molar-refractivity contribution in [2.75, 3.05) is 11.2 Å². The third kappa shape index (κ3) is 2.94. The van der Waals surface area contributed by atoms with Gasteiger partial charge in [0.25, 0.3) is 0 Å². The average Bonchev–Trinajstić information content (AvgIpc) is 3.12. The summed E-state index contributed by atoms with van der Waals surface area (Å²) in [5, 5.41) is 11.4. The van der Waals surface area contributed by atoms with Crippen molar-refractivity contribution in [3.8, 4) is 17.1 Å². The standard InChI is InChI=1S/C17H13ClN4O2S2/c1-9(23)22-12-6-5-10(18)8-11(12)14-15(19-17(25-2)21-20-14)24-16(22)13-4-3-7-26-13/h3-8,16H,1-2H3/t16-/m1/s1. The zero-order valence-corrected chi connectivity index (χ0v) is 16.2. The van der Waals surface area contributed by atoms with Crippen molar-refractivity contribution in [2.45, 2.75) is 18.3 Å². The molecule has 26 heavy (non-hydrogen) atoms. The second kappa shape index (κ2) is 6.86. The Bertz CT molecular complexity index is 981. The van der Waals surface area contributed by atoms with Gasteiger partial charge >= 0.3 is 0 Å². The highest BCUT2D eigenvalue weighted by atomic mass is 35.5. The maximum atomic E-state index is 12.5. The first kappa shape index (κ1) is 17.3. The molecular weight excluding hydrogens is 392 g/mol. The lowest BCUT2D eigenvalue weighted by atomic mass is 10.1. The second-order valence-electron chi connectivity index (χ2n) is 5.49. The van der Waals surface area contributed by atoms with E-state index in [2.05, 4.69) is 15.2 Å². The minimum absolute atomic E-state index is 0.155. The predicted octanol–water partition coefficient (Wildman–Crippen LogP) is 4.42. The topological polar surface area (TPSA) is 68.2 Å². The molecule has 0 radical (unpaired) electrons. The van der Waals surface area contributed by atoms with E-state index in [1.165, 1.54) is 30.0 Å². The molecule has 0 fully saturated rings. The molecule has 1 amide bonds. The van der Waals surface area contributed by atoms with E-state index in [4.69, 9.17) is 16.3 Å². The van der Waals surface area contributed by atoms with Crippen LogP contribution in [-0.2, 0) is 4.79 Å². The monoisotopic (exact) mass is 404 g/mol. The number of thioether (sulfide) groups is 1. The van der Waals surface area contributed by atoms with Crippen LogP contribution in [0.15, 0.2) is 40.9 Å². The molecular formula is C17H13ClN4O2S2. The highest BCUT2D eigenvalue weighted by Gasteiger charge is 2.35. The molecule has 0 spiro atoms. The molecule has 1 aromatic carbocycles. The van der Waals surface area contributed by atoms with E-state index >= 15 is 0 Å². The first-order valence-corrected chi connectivity index (χ1v) is 10.1. The number of thiophene rings is 1. The lowest BCUT2D eigenvalue weighted by Gasteiger charge is -2.28. The summed E-state index contributed by atoms with van der Waals surface area (Å²) in [5.74, 6) is 0.174. The highest BCUT2D eigenvalue weighted by Crippen LogP contribution is 2.44. The van der Waals surface area contributed by atoms with Crippen molar-refractivity contribution >= 4 is 46.3 Å². The SMILES string of the molecule is CSc1nnc2c(n1)O[C@H](c1cccs1)N(C(C)=O)c1ccc(Cl)cc1-2. The quantitative estimate of drug-likeness (QED) is 0.589. The van der Waals surface area contributed by atoms with Crippen LogP contribution in [0.1, 0.15) is 18.0 Å². The molecule has 3 aromatic rings. The van der Waals surface area contributed by atoms with Crippen LogP contribution < -0.4 is 9.64 Å². The number of hydrogen-bond acceptors (Lipinski definition) is 7. The number of aromatic nitrogens is 3. The van der Waals surface area contributed by atoms with Crippen LogP contribution in [0.2, 0.25) is 5.02 Å². The molecule has 0 saturated heterocycles. The van der Waals surface area contributed by atoms with E-state index < -0.39 is 6.23 Å². The minimum atomic E-state index is -0.639. The number of ether oxygens (including phenoxy) is 1. The highest BCUT2D eigenvalue weighted by molar-refractivity contribution is 7.98. The Hall–Kier alpha value is -2.16. The summed E-state index contributed by atoms with van der Waals surface area (Å²) < 4.78 is 6.19. The number of hydrogen-bond donors (Lipinski definition) is 0. The van der Waals surface area contributed by atoms with Crippen LogP contribution in [0.25, 0.3) is 11.3 Å².